The van der Waals surface area contributed by atoms with E-state index in [9.17, 15) is 0 Å². The van der Waals surface area contributed by atoms with Gasteiger partial charge in [-0.1, -0.05) is 32.9 Å². The summed E-state index contributed by atoms with van der Waals surface area (Å²) in [6, 6.07) is 2.29. The predicted molar refractivity (Wildman–Crippen MR) is 110 cm³/mol. The minimum Gasteiger partial charge on any atom is -0.375 e. The first-order valence-corrected chi connectivity index (χ1v) is 10.2. The normalized spacial score (nSPS) is 10.2. The van der Waals surface area contributed by atoms with E-state index in [0.717, 1.165) is 45.4 Å². The summed E-state index contributed by atoms with van der Waals surface area (Å²) in [5.74, 6) is 0. The second-order valence-electron chi connectivity index (χ2n) is 7.10. The van der Waals surface area contributed by atoms with Crippen molar-refractivity contribution in [2.24, 2.45) is 0 Å². The zero-order valence-corrected chi connectivity index (χ0v) is 17.5. The molecule has 0 aliphatic carbocycles. The molecule has 0 aliphatic heterocycles. The van der Waals surface area contributed by atoms with Crippen LogP contribution in [0.4, 0.5) is 0 Å². The summed E-state index contributed by atoms with van der Waals surface area (Å²) in [7, 11) is 0. The monoisotopic (exact) mass is 347 g/mol. The minimum absolute atomic E-state index is 0.608. The first kappa shape index (κ1) is 23.6. The van der Waals surface area contributed by atoms with Gasteiger partial charge in [-0.05, 0) is 58.8 Å². The molecule has 144 valence electrons. The van der Waals surface area contributed by atoms with E-state index in [2.05, 4.69) is 57.1 Å². The Labute approximate surface area is 157 Å². The van der Waals surface area contributed by atoms with Gasteiger partial charge in [-0.15, -0.1) is 0 Å². The van der Waals surface area contributed by atoms with Crippen molar-refractivity contribution in [1.82, 2.24) is 9.80 Å². The van der Waals surface area contributed by atoms with Gasteiger partial charge in [0, 0.05) is 37.6 Å². The quantitative estimate of drug-likeness (QED) is 0.335. The summed E-state index contributed by atoms with van der Waals surface area (Å²) in [4.78, 5) is 4.88. The van der Waals surface area contributed by atoms with Crippen LogP contribution in [-0.2, 0) is 0 Å². The SMILES string of the molecule is C=C(CCCCC(=C(C)C)N(CCC)CCC#N)N(CCC)CCC. The van der Waals surface area contributed by atoms with Gasteiger partial charge in [0.05, 0.1) is 12.5 Å². The number of nitrogens with zero attached hydrogens (tertiary/aromatic N) is 3. The number of rotatable bonds is 15. The van der Waals surface area contributed by atoms with Gasteiger partial charge in [0.15, 0.2) is 0 Å². The standard InChI is InChI=1S/C22H41N3/c1-7-16-24(17-8-2)21(6)13-10-11-14-22(20(4)5)25(18-9-3)19-12-15-23/h6-14,16-19H2,1-5H3. The lowest BCUT2D eigenvalue weighted by Gasteiger charge is -2.28. The van der Waals surface area contributed by atoms with E-state index < -0.39 is 0 Å². The molecule has 0 atom stereocenters. The maximum Gasteiger partial charge on any atom is 0.0640 e. The molecule has 0 fully saturated rings. The summed E-state index contributed by atoms with van der Waals surface area (Å²) in [5.41, 5.74) is 4.14. The summed E-state index contributed by atoms with van der Waals surface area (Å²) < 4.78 is 0. The van der Waals surface area contributed by atoms with Crippen LogP contribution in [0.3, 0.4) is 0 Å². The topological polar surface area (TPSA) is 30.3 Å². The number of hydrogen-bond acceptors (Lipinski definition) is 3. The average molecular weight is 348 g/mol. The van der Waals surface area contributed by atoms with Gasteiger partial charge in [0.1, 0.15) is 0 Å². The van der Waals surface area contributed by atoms with Crippen LogP contribution in [0.2, 0.25) is 0 Å². The third kappa shape index (κ3) is 10.2. The molecule has 25 heavy (non-hydrogen) atoms. The Balaban J connectivity index is 4.51. The van der Waals surface area contributed by atoms with Gasteiger partial charge in [-0.3, -0.25) is 0 Å². The van der Waals surface area contributed by atoms with Crippen LogP contribution in [0.25, 0.3) is 0 Å². The van der Waals surface area contributed by atoms with E-state index in [1.165, 1.54) is 42.7 Å². The molecule has 3 nitrogen and oxygen atoms in total. The van der Waals surface area contributed by atoms with Crippen LogP contribution in [-0.4, -0.2) is 36.0 Å². The van der Waals surface area contributed by atoms with Crippen molar-refractivity contribution < 1.29 is 0 Å². The molecule has 0 bridgehead atoms. The van der Waals surface area contributed by atoms with Crippen molar-refractivity contribution in [2.75, 3.05) is 26.2 Å². The second kappa shape index (κ2) is 14.9. The number of unbranched alkanes of at least 4 members (excludes halogenated alkanes) is 1. The van der Waals surface area contributed by atoms with Crippen LogP contribution < -0.4 is 0 Å². The highest BCUT2D eigenvalue weighted by molar-refractivity contribution is 5.09. The molecule has 0 spiro atoms. The summed E-state index contributed by atoms with van der Waals surface area (Å²) in [5, 5.41) is 8.91. The zero-order chi connectivity index (χ0) is 19.1. The summed E-state index contributed by atoms with van der Waals surface area (Å²) in [6.45, 7) is 19.6. The lowest BCUT2D eigenvalue weighted by molar-refractivity contribution is 0.323. The Hall–Kier alpha value is -1.43. The molecule has 0 aromatic rings. The van der Waals surface area contributed by atoms with Gasteiger partial charge in [-0.25, -0.2) is 0 Å². The van der Waals surface area contributed by atoms with E-state index in [1.54, 1.807) is 0 Å². The zero-order valence-electron chi connectivity index (χ0n) is 17.5. The maximum absolute atomic E-state index is 8.91. The molecule has 0 unspecified atom stereocenters. The Morgan fingerprint density at radius 1 is 0.840 bits per heavy atom. The van der Waals surface area contributed by atoms with Crippen molar-refractivity contribution in [3.05, 3.63) is 23.5 Å². The van der Waals surface area contributed by atoms with E-state index in [1.807, 2.05) is 0 Å². The summed E-state index contributed by atoms with van der Waals surface area (Å²) >= 11 is 0. The van der Waals surface area contributed by atoms with Crippen LogP contribution >= 0.6 is 0 Å². The van der Waals surface area contributed by atoms with Crippen LogP contribution in [0.1, 0.15) is 86.0 Å². The lowest BCUT2D eigenvalue weighted by atomic mass is 10.1. The minimum atomic E-state index is 0.608. The Morgan fingerprint density at radius 2 is 1.36 bits per heavy atom. The molecule has 0 aliphatic rings. The molecule has 0 N–H and O–H groups in total. The molecule has 0 saturated heterocycles. The van der Waals surface area contributed by atoms with Gasteiger partial charge in [-0.2, -0.15) is 5.26 Å². The molecule has 0 radical (unpaired) electrons. The third-order valence-corrected chi connectivity index (χ3v) is 4.51. The predicted octanol–water partition coefficient (Wildman–Crippen LogP) is 6.10. The number of nitriles is 1. The van der Waals surface area contributed by atoms with Crippen molar-refractivity contribution in [3.63, 3.8) is 0 Å². The van der Waals surface area contributed by atoms with E-state index in [-0.39, 0.29) is 0 Å². The summed E-state index contributed by atoms with van der Waals surface area (Å²) in [6.07, 6.45) is 8.71. The van der Waals surface area contributed by atoms with Gasteiger partial charge in [0.2, 0.25) is 0 Å². The molecular formula is C22H41N3. The van der Waals surface area contributed by atoms with Gasteiger partial charge in [0.25, 0.3) is 0 Å². The molecule has 0 aromatic carbocycles. The fourth-order valence-electron chi connectivity index (χ4n) is 3.31. The van der Waals surface area contributed by atoms with Crippen LogP contribution in [0.5, 0.6) is 0 Å². The molecular weight excluding hydrogens is 306 g/mol. The first-order chi connectivity index (χ1) is 12.0. The Kier molecular flexibility index (Phi) is 14.0. The third-order valence-electron chi connectivity index (χ3n) is 4.51. The van der Waals surface area contributed by atoms with Crippen molar-refractivity contribution in [2.45, 2.75) is 86.0 Å². The van der Waals surface area contributed by atoms with Gasteiger partial charge >= 0.3 is 0 Å². The molecule has 0 aromatic heterocycles. The van der Waals surface area contributed by atoms with Crippen molar-refractivity contribution in [1.29, 1.82) is 5.26 Å². The van der Waals surface area contributed by atoms with Crippen molar-refractivity contribution >= 4 is 0 Å². The average Bonchev–Trinajstić information content (AvgIpc) is 2.58. The van der Waals surface area contributed by atoms with Crippen molar-refractivity contribution in [3.8, 4) is 6.07 Å². The van der Waals surface area contributed by atoms with E-state index in [4.69, 9.17) is 5.26 Å². The van der Waals surface area contributed by atoms with E-state index >= 15 is 0 Å². The molecule has 3 heteroatoms. The smallest absolute Gasteiger partial charge is 0.0640 e. The fourth-order valence-corrected chi connectivity index (χ4v) is 3.31. The molecule has 0 saturated carbocycles. The molecule has 0 heterocycles. The first-order valence-electron chi connectivity index (χ1n) is 10.2. The number of allylic oxidation sites excluding steroid dienone is 3. The molecule has 0 rings (SSSR count). The highest BCUT2D eigenvalue weighted by atomic mass is 15.1. The second-order valence-corrected chi connectivity index (χ2v) is 7.10. The Bertz CT molecular complexity index is 421. The fraction of sp³-hybridized carbons (Fsp3) is 0.773. The largest absolute Gasteiger partial charge is 0.375 e. The molecule has 0 amide bonds. The highest BCUT2D eigenvalue weighted by Crippen LogP contribution is 2.21. The number of hydrogen-bond donors (Lipinski definition) is 0. The van der Waals surface area contributed by atoms with Crippen LogP contribution in [0, 0.1) is 11.3 Å². The van der Waals surface area contributed by atoms with Gasteiger partial charge < -0.3 is 9.80 Å². The van der Waals surface area contributed by atoms with E-state index in [0.29, 0.717) is 6.42 Å². The lowest BCUT2D eigenvalue weighted by Crippen LogP contribution is -2.26. The maximum atomic E-state index is 8.91. The highest BCUT2D eigenvalue weighted by Gasteiger charge is 2.11. The van der Waals surface area contributed by atoms with Crippen LogP contribution in [0.15, 0.2) is 23.5 Å². The Morgan fingerprint density at radius 3 is 1.84 bits per heavy atom.